The zero-order valence-electron chi connectivity index (χ0n) is 7.70. The van der Waals surface area contributed by atoms with E-state index in [9.17, 15) is 4.79 Å². The third kappa shape index (κ3) is 2.44. The number of aromatic nitrogens is 2. The quantitative estimate of drug-likeness (QED) is 0.876. The van der Waals surface area contributed by atoms with Gasteiger partial charge in [0.15, 0.2) is 0 Å². The normalized spacial score (nSPS) is 9.93. The van der Waals surface area contributed by atoms with E-state index in [1.54, 1.807) is 0 Å². The highest BCUT2D eigenvalue weighted by atomic mass is 79.9. The van der Waals surface area contributed by atoms with Crippen molar-refractivity contribution in [3.05, 3.63) is 51.4 Å². The Morgan fingerprint density at radius 2 is 2.07 bits per heavy atom. The van der Waals surface area contributed by atoms with E-state index in [1.807, 2.05) is 24.3 Å². The molecule has 0 fully saturated rings. The number of rotatable bonds is 2. The molecule has 2 rings (SSSR count). The van der Waals surface area contributed by atoms with Crippen LogP contribution in [0.1, 0.15) is 0 Å². The van der Waals surface area contributed by atoms with E-state index < -0.39 is 0 Å². The van der Waals surface area contributed by atoms with Crippen molar-refractivity contribution in [2.75, 3.05) is 5.32 Å². The highest BCUT2D eigenvalue weighted by Gasteiger charge is 1.99. The van der Waals surface area contributed by atoms with Crippen LogP contribution in [0.4, 0.5) is 11.6 Å². The summed E-state index contributed by atoms with van der Waals surface area (Å²) in [6, 6.07) is 8.97. The van der Waals surface area contributed by atoms with E-state index in [0.29, 0.717) is 5.95 Å². The Morgan fingerprint density at radius 3 is 2.80 bits per heavy atom. The van der Waals surface area contributed by atoms with Crippen molar-refractivity contribution >= 4 is 27.6 Å². The third-order valence-electron chi connectivity index (χ3n) is 1.80. The highest BCUT2D eigenvalue weighted by molar-refractivity contribution is 9.10. The zero-order chi connectivity index (χ0) is 10.7. The molecule has 0 unspecified atom stereocenters. The predicted molar refractivity (Wildman–Crippen MR) is 62.3 cm³/mol. The Kier molecular flexibility index (Phi) is 2.82. The number of hydrogen-bond donors (Lipinski definition) is 2. The third-order valence-corrected chi connectivity index (χ3v) is 2.49. The number of nitrogens with zero attached hydrogens (tertiary/aromatic N) is 1. The van der Waals surface area contributed by atoms with E-state index in [-0.39, 0.29) is 5.56 Å². The molecular weight excluding hydrogens is 258 g/mol. The Labute approximate surface area is 94.5 Å². The number of H-pyrrole nitrogens is 1. The average Bonchev–Trinajstić information content (AvgIpc) is 2.22. The molecule has 0 aliphatic rings. The van der Waals surface area contributed by atoms with E-state index in [2.05, 4.69) is 31.2 Å². The lowest BCUT2D eigenvalue weighted by molar-refractivity contribution is 1.12. The molecule has 0 atom stereocenters. The minimum Gasteiger partial charge on any atom is -0.325 e. The lowest BCUT2D eigenvalue weighted by atomic mass is 10.3. The van der Waals surface area contributed by atoms with Gasteiger partial charge in [-0.1, -0.05) is 12.1 Å². The SMILES string of the molecule is O=c1ccnc(Nc2ccccc2Br)[nH]1. The molecule has 1 aromatic carbocycles. The molecule has 2 N–H and O–H groups in total. The molecule has 0 aliphatic heterocycles. The van der Waals surface area contributed by atoms with Gasteiger partial charge in [-0.25, -0.2) is 4.98 Å². The van der Waals surface area contributed by atoms with Crippen molar-refractivity contribution in [2.24, 2.45) is 0 Å². The summed E-state index contributed by atoms with van der Waals surface area (Å²) in [5, 5.41) is 3.00. The van der Waals surface area contributed by atoms with Crippen LogP contribution in [0.2, 0.25) is 0 Å². The minimum atomic E-state index is -0.181. The first-order valence-corrected chi connectivity index (χ1v) is 5.12. The van der Waals surface area contributed by atoms with Crippen LogP contribution in [-0.4, -0.2) is 9.97 Å². The van der Waals surface area contributed by atoms with Crippen molar-refractivity contribution in [1.82, 2.24) is 9.97 Å². The van der Waals surface area contributed by atoms with E-state index in [1.165, 1.54) is 12.3 Å². The van der Waals surface area contributed by atoms with E-state index in [0.717, 1.165) is 10.2 Å². The maximum Gasteiger partial charge on any atom is 0.252 e. The Morgan fingerprint density at radius 1 is 1.27 bits per heavy atom. The first kappa shape index (κ1) is 9.92. The van der Waals surface area contributed by atoms with Gasteiger partial charge in [0.2, 0.25) is 5.95 Å². The number of aromatic amines is 1. The summed E-state index contributed by atoms with van der Waals surface area (Å²) in [5.74, 6) is 0.425. The van der Waals surface area contributed by atoms with Crippen LogP contribution in [0.25, 0.3) is 0 Å². The van der Waals surface area contributed by atoms with Crippen molar-refractivity contribution in [3.63, 3.8) is 0 Å². The van der Waals surface area contributed by atoms with Crippen molar-refractivity contribution in [2.45, 2.75) is 0 Å². The molecule has 0 spiro atoms. The van der Waals surface area contributed by atoms with Crippen molar-refractivity contribution in [3.8, 4) is 0 Å². The van der Waals surface area contributed by atoms with Crippen LogP contribution in [0.5, 0.6) is 0 Å². The Hall–Kier alpha value is -1.62. The second kappa shape index (κ2) is 4.27. The summed E-state index contributed by atoms with van der Waals surface area (Å²) >= 11 is 3.39. The summed E-state index contributed by atoms with van der Waals surface area (Å²) in [5.41, 5.74) is 0.673. The van der Waals surface area contributed by atoms with Gasteiger partial charge in [-0.05, 0) is 28.1 Å². The van der Waals surface area contributed by atoms with Crippen LogP contribution in [0.15, 0.2) is 45.8 Å². The summed E-state index contributed by atoms with van der Waals surface area (Å²) in [4.78, 5) is 17.6. The molecule has 0 bridgehead atoms. The zero-order valence-corrected chi connectivity index (χ0v) is 9.28. The van der Waals surface area contributed by atoms with Gasteiger partial charge in [0.05, 0.1) is 5.69 Å². The van der Waals surface area contributed by atoms with Crippen LogP contribution < -0.4 is 10.9 Å². The molecule has 2 aromatic rings. The van der Waals surface area contributed by atoms with Crippen LogP contribution in [0.3, 0.4) is 0 Å². The highest BCUT2D eigenvalue weighted by Crippen LogP contribution is 2.22. The first-order valence-electron chi connectivity index (χ1n) is 4.32. The number of anilines is 2. The molecule has 5 heteroatoms. The summed E-state index contributed by atoms with van der Waals surface area (Å²) < 4.78 is 0.913. The molecule has 0 aliphatic carbocycles. The standard InChI is InChI=1S/C10H8BrN3O/c11-7-3-1-2-4-8(7)13-10-12-6-5-9(15)14-10/h1-6H,(H2,12,13,14,15). The second-order valence-electron chi connectivity index (χ2n) is 2.89. The van der Waals surface area contributed by atoms with E-state index in [4.69, 9.17) is 0 Å². The molecule has 0 saturated heterocycles. The summed E-state index contributed by atoms with van der Waals surface area (Å²) in [6.07, 6.45) is 1.46. The fourth-order valence-electron chi connectivity index (χ4n) is 1.12. The maximum atomic E-state index is 11.0. The predicted octanol–water partition coefficient (Wildman–Crippen LogP) is 2.28. The lowest BCUT2D eigenvalue weighted by Crippen LogP contribution is -2.08. The molecule has 0 radical (unpaired) electrons. The first-order chi connectivity index (χ1) is 7.25. The molecule has 0 amide bonds. The Balaban J connectivity index is 2.30. The van der Waals surface area contributed by atoms with Crippen molar-refractivity contribution < 1.29 is 0 Å². The lowest BCUT2D eigenvalue weighted by Gasteiger charge is -2.05. The van der Waals surface area contributed by atoms with Gasteiger partial charge in [0.25, 0.3) is 5.56 Å². The summed E-state index contributed by atoms with van der Waals surface area (Å²) in [6.45, 7) is 0. The van der Waals surface area contributed by atoms with Gasteiger partial charge in [-0.15, -0.1) is 0 Å². The topological polar surface area (TPSA) is 57.8 Å². The Bertz CT molecular complexity index is 524. The molecule has 15 heavy (non-hydrogen) atoms. The number of benzene rings is 1. The number of hydrogen-bond acceptors (Lipinski definition) is 3. The number of halogens is 1. The maximum absolute atomic E-state index is 11.0. The van der Waals surface area contributed by atoms with Gasteiger partial charge in [-0.2, -0.15) is 0 Å². The molecule has 0 saturated carbocycles. The largest absolute Gasteiger partial charge is 0.325 e. The number of nitrogens with one attached hydrogen (secondary N) is 2. The monoisotopic (exact) mass is 265 g/mol. The van der Waals surface area contributed by atoms with Gasteiger partial charge in [0, 0.05) is 16.7 Å². The van der Waals surface area contributed by atoms with E-state index >= 15 is 0 Å². The fraction of sp³-hybridized carbons (Fsp3) is 0. The van der Waals surface area contributed by atoms with Crippen LogP contribution in [0, 0.1) is 0 Å². The van der Waals surface area contributed by atoms with Crippen molar-refractivity contribution in [1.29, 1.82) is 0 Å². The van der Waals surface area contributed by atoms with Gasteiger partial charge < -0.3 is 5.32 Å². The second-order valence-corrected chi connectivity index (χ2v) is 3.74. The van der Waals surface area contributed by atoms with Gasteiger partial charge in [-0.3, -0.25) is 9.78 Å². The molecule has 1 aromatic heterocycles. The molecule has 4 nitrogen and oxygen atoms in total. The smallest absolute Gasteiger partial charge is 0.252 e. The molecular formula is C10H8BrN3O. The fourth-order valence-corrected chi connectivity index (χ4v) is 1.51. The van der Waals surface area contributed by atoms with Gasteiger partial charge in [0.1, 0.15) is 0 Å². The van der Waals surface area contributed by atoms with Gasteiger partial charge >= 0.3 is 0 Å². The molecule has 76 valence electrons. The van der Waals surface area contributed by atoms with Crippen LogP contribution >= 0.6 is 15.9 Å². The number of para-hydroxylation sites is 1. The van der Waals surface area contributed by atoms with Crippen LogP contribution in [-0.2, 0) is 0 Å². The minimum absolute atomic E-state index is 0.181. The average molecular weight is 266 g/mol. The molecule has 1 heterocycles. The summed E-state index contributed by atoms with van der Waals surface area (Å²) in [7, 11) is 0.